The smallest absolute Gasteiger partial charge is 0.318 e. The van der Waals surface area contributed by atoms with Crippen molar-refractivity contribution >= 4 is 24.6 Å². The molecule has 0 bridgehead atoms. The van der Waals surface area contributed by atoms with Crippen molar-refractivity contribution in [3.05, 3.63) is 0 Å². The van der Waals surface area contributed by atoms with Crippen LogP contribution in [0.3, 0.4) is 0 Å². The first-order chi connectivity index (χ1) is 12.0. The molecular formula is C18H34N4O2S. The van der Waals surface area contributed by atoms with Crippen LogP contribution in [0.5, 0.6) is 0 Å². The minimum absolute atomic E-state index is 0.0167. The van der Waals surface area contributed by atoms with Gasteiger partial charge < -0.3 is 20.0 Å². The van der Waals surface area contributed by atoms with Crippen molar-refractivity contribution in [3.63, 3.8) is 0 Å². The lowest BCUT2D eigenvalue weighted by atomic mass is 10.0. The zero-order chi connectivity index (χ0) is 18.2. The Morgan fingerprint density at radius 2 is 1.80 bits per heavy atom. The second kappa shape index (κ2) is 10.3. The minimum atomic E-state index is -0.482. The van der Waals surface area contributed by atoms with Gasteiger partial charge in [0.05, 0.1) is 0 Å². The molecule has 1 unspecified atom stereocenters. The average molecular weight is 371 g/mol. The van der Waals surface area contributed by atoms with E-state index in [0.29, 0.717) is 12.3 Å². The molecule has 1 atom stereocenters. The topological polar surface area (TPSA) is 55.9 Å². The van der Waals surface area contributed by atoms with E-state index in [9.17, 15) is 9.59 Å². The molecule has 0 aromatic rings. The first-order valence-corrected chi connectivity index (χ1v) is 10.3. The third-order valence-electron chi connectivity index (χ3n) is 5.46. The predicted molar refractivity (Wildman–Crippen MR) is 104 cm³/mol. The van der Waals surface area contributed by atoms with Gasteiger partial charge in [0.15, 0.2) is 0 Å². The van der Waals surface area contributed by atoms with E-state index in [0.717, 1.165) is 45.1 Å². The summed E-state index contributed by atoms with van der Waals surface area (Å²) >= 11 is 4.28. The molecule has 1 heterocycles. The maximum absolute atomic E-state index is 12.6. The Balaban J connectivity index is 1.80. The van der Waals surface area contributed by atoms with Gasteiger partial charge in [-0.15, -0.1) is 0 Å². The zero-order valence-corrected chi connectivity index (χ0v) is 16.6. The lowest BCUT2D eigenvalue weighted by Crippen LogP contribution is -2.55. The van der Waals surface area contributed by atoms with Crippen LogP contribution in [0.4, 0.5) is 4.79 Å². The number of carbonyl (C=O) groups excluding carboxylic acids is 2. The summed E-state index contributed by atoms with van der Waals surface area (Å²) in [7, 11) is 2.06. The van der Waals surface area contributed by atoms with Crippen molar-refractivity contribution in [2.45, 2.75) is 45.1 Å². The molecule has 2 rings (SSSR count). The second-order valence-electron chi connectivity index (χ2n) is 7.45. The Kier molecular flexibility index (Phi) is 8.36. The van der Waals surface area contributed by atoms with Crippen LogP contribution in [-0.4, -0.2) is 84.7 Å². The maximum Gasteiger partial charge on any atom is 0.318 e. The molecule has 3 amide bonds. The van der Waals surface area contributed by atoms with Crippen LogP contribution in [0, 0.1) is 5.92 Å². The van der Waals surface area contributed by atoms with Crippen molar-refractivity contribution in [1.82, 2.24) is 20.0 Å². The lowest BCUT2D eigenvalue weighted by Gasteiger charge is -2.34. The normalized spacial score (nSPS) is 20.5. The van der Waals surface area contributed by atoms with Gasteiger partial charge >= 0.3 is 6.03 Å². The quantitative estimate of drug-likeness (QED) is 0.671. The van der Waals surface area contributed by atoms with E-state index in [4.69, 9.17) is 0 Å². The Bertz CT molecular complexity index is 435. The van der Waals surface area contributed by atoms with Crippen molar-refractivity contribution < 1.29 is 9.59 Å². The number of rotatable bonds is 7. The van der Waals surface area contributed by atoms with Gasteiger partial charge in [-0.3, -0.25) is 4.79 Å². The molecule has 25 heavy (non-hydrogen) atoms. The standard InChI is InChI=1S/C18H34N4O2S/c1-15(17(23)21-11-9-20(2)10-12-21)19-18(24)22(13-14-25)8-7-16-5-3-4-6-16/h15-16,25H,3-14H2,1-2H3,(H,19,24). The third-order valence-corrected chi connectivity index (χ3v) is 5.66. The van der Waals surface area contributed by atoms with Gasteiger partial charge in [-0.1, -0.05) is 25.7 Å². The summed E-state index contributed by atoms with van der Waals surface area (Å²) in [4.78, 5) is 31.0. The van der Waals surface area contributed by atoms with Gasteiger partial charge in [0, 0.05) is 45.0 Å². The van der Waals surface area contributed by atoms with Crippen molar-refractivity contribution in [3.8, 4) is 0 Å². The molecule has 1 aliphatic carbocycles. The molecule has 0 aromatic heterocycles. The first-order valence-electron chi connectivity index (χ1n) is 9.65. The van der Waals surface area contributed by atoms with Gasteiger partial charge in [-0.25, -0.2) is 4.79 Å². The van der Waals surface area contributed by atoms with Crippen LogP contribution < -0.4 is 5.32 Å². The second-order valence-corrected chi connectivity index (χ2v) is 7.90. The van der Waals surface area contributed by atoms with E-state index < -0.39 is 6.04 Å². The summed E-state index contributed by atoms with van der Waals surface area (Å²) in [6, 6.07) is -0.619. The van der Waals surface area contributed by atoms with Gasteiger partial charge in [0.2, 0.25) is 5.91 Å². The van der Waals surface area contributed by atoms with E-state index in [1.165, 1.54) is 25.7 Å². The number of piperazine rings is 1. The molecule has 0 radical (unpaired) electrons. The predicted octanol–water partition coefficient (Wildman–Crippen LogP) is 1.67. The van der Waals surface area contributed by atoms with Crippen molar-refractivity contribution in [1.29, 1.82) is 0 Å². The van der Waals surface area contributed by atoms with Gasteiger partial charge in [-0.2, -0.15) is 12.6 Å². The largest absolute Gasteiger partial charge is 0.338 e. The Hall–Kier alpha value is -0.950. The molecule has 1 N–H and O–H groups in total. The molecule has 2 aliphatic rings. The van der Waals surface area contributed by atoms with Crippen molar-refractivity contribution in [2.75, 3.05) is 52.1 Å². The molecular weight excluding hydrogens is 336 g/mol. The molecule has 6 nitrogen and oxygen atoms in total. The molecule has 2 fully saturated rings. The molecule has 1 saturated heterocycles. The van der Waals surface area contributed by atoms with Crippen LogP contribution in [-0.2, 0) is 4.79 Å². The Labute approximate surface area is 157 Å². The number of amides is 3. The van der Waals surface area contributed by atoms with E-state index >= 15 is 0 Å². The molecule has 144 valence electrons. The fourth-order valence-electron chi connectivity index (χ4n) is 3.71. The third kappa shape index (κ3) is 6.37. The number of hydrogen-bond donors (Lipinski definition) is 2. The van der Waals surface area contributed by atoms with Crippen LogP contribution in [0.1, 0.15) is 39.0 Å². The minimum Gasteiger partial charge on any atom is -0.338 e. The number of nitrogens with zero attached hydrogens (tertiary/aromatic N) is 3. The monoisotopic (exact) mass is 370 g/mol. The molecule has 1 aliphatic heterocycles. The lowest BCUT2D eigenvalue weighted by molar-refractivity contribution is -0.134. The Morgan fingerprint density at radius 1 is 1.16 bits per heavy atom. The zero-order valence-electron chi connectivity index (χ0n) is 15.7. The van der Waals surface area contributed by atoms with E-state index in [1.807, 2.05) is 9.80 Å². The molecule has 1 saturated carbocycles. The maximum atomic E-state index is 12.6. The van der Waals surface area contributed by atoms with Crippen LogP contribution in [0.2, 0.25) is 0 Å². The summed E-state index contributed by atoms with van der Waals surface area (Å²) in [5.74, 6) is 1.40. The van der Waals surface area contributed by atoms with Gasteiger partial charge in [0.1, 0.15) is 6.04 Å². The van der Waals surface area contributed by atoms with Crippen molar-refractivity contribution in [2.24, 2.45) is 5.92 Å². The molecule has 7 heteroatoms. The number of likely N-dealkylation sites (N-methyl/N-ethyl adjacent to an activating group) is 1. The number of carbonyl (C=O) groups is 2. The van der Waals surface area contributed by atoms with E-state index in [-0.39, 0.29) is 11.9 Å². The van der Waals surface area contributed by atoms with Crippen LogP contribution >= 0.6 is 12.6 Å². The summed E-state index contributed by atoms with van der Waals surface area (Å²) < 4.78 is 0. The number of nitrogens with one attached hydrogen (secondary N) is 1. The summed E-state index contributed by atoms with van der Waals surface area (Å²) in [6.45, 7) is 6.41. The summed E-state index contributed by atoms with van der Waals surface area (Å²) in [6.07, 6.45) is 6.27. The fraction of sp³-hybridized carbons (Fsp3) is 0.889. The highest BCUT2D eigenvalue weighted by molar-refractivity contribution is 7.80. The number of urea groups is 1. The Morgan fingerprint density at radius 3 is 2.40 bits per heavy atom. The van der Waals surface area contributed by atoms with Crippen LogP contribution in [0.25, 0.3) is 0 Å². The SMILES string of the molecule is CC(NC(=O)N(CCS)CCC1CCCC1)C(=O)N1CCN(C)CC1. The highest BCUT2D eigenvalue weighted by Gasteiger charge is 2.26. The van der Waals surface area contributed by atoms with Gasteiger partial charge in [0.25, 0.3) is 0 Å². The highest BCUT2D eigenvalue weighted by Crippen LogP contribution is 2.27. The summed E-state index contributed by atoms with van der Waals surface area (Å²) in [5.41, 5.74) is 0. The van der Waals surface area contributed by atoms with Crippen LogP contribution in [0.15, 0.2) is 0 Å². The molecule has 0 spiro atoms. The van der Waals surface area contributed by atoms with E-state index in [1.54, 1.807) is 6.92 Å². The number of thiol groups is 1. The molecule has 0 aromatic carbocycles. The average Bonchev–Trinajstić information content (AvgIpc) is 3.12. The highest BCUT2D eigenvalue weighted by atomic mass is 32.1. The fourth-order valence-corrected chi connectivity index (χ4v) is 3.95. The number of hydrogen-bond acceptors (Lipinski definition) is 4. The summed E-state index contributed by atoms with van der Waals surface area (Å²) in [5, 5.41) is 2.90. The van der Waals surface area contributed by atoms with Gasteiger partial charge in [-0.05, 0) is 26.3 Å². The van der Waals surface area contributed by atoms with E-state index in [2.05, 4.69) is 29.9 Å². The first kappa shape index (κ1) is 20.4.